The van der Waals surface area contributed by atoms with E-state index in [0.717, 1.165) is 9.88 Å². The van der Waals surface area contributed by atoms with E-state index in [1.165, 1.54) is 34.5 Å². The van der Waals surface area contributed by atoms with E-state index in [1.54, 1.807) is 43.5 Å². The third kappa shape index (κ3) is 4.78. The maximum atomic E-state index is 14.2. The first-order chi connectivity index (χ1) is 18.1. The average molecular weight is 494 g/mol. The zero-order valence-corrected chi connectivity index (χ0v) is 19.7. The summed E-state index contributed by atoms with van der Waals surface area (Å²) in [5.41, 5.74) is 7.55. The number of nitrogens with two attached hydrogens (primary N) is 1. The Morgan fingerprint density at radius 1 is 1.11 bits per heavy atom. The molecule has 5 rings (SSSR count). The first-order valence-electron chi connectivity index (χ1n) is 12.2. The molecule has 2 N–H and O–H groups in total. The van der Waals surface area contributed by atoms with Crippen molar-refractivity contribution in [1.82, 2.24) is 24.7 Å². The number of aromatic nitrogens is 5. The van der Waals surface area contributed by atoms with Crippen molar-refractivity contribution in [1.29, 1.82) is 0 Å². The minimum atomic E-state index is -2.29. The number of benzene rings is 2. The van der Waals surface area contributed by atoms with Gasteiger partial charge in [-0.15, -0.1) is 11.3 Å². The molecule has 2 aromatic carbocycles. The molecule has 8 nitrogen and oxygen atoms in total. The van der Waals surface area contributed by atoms with Gasteiger partial charge in [0.15, 0.2) is 5.65 Å². The standard InChI is InChI=1S/C25H23FN6O2S/c1-14(2)32-25-22(24(27)29-13-30-25)23(31-32)16-4-6-18(7-5-16)34-20-9-17(26)8-19(10-20)33-12-21-11-28-15(3)35-21/h4-11,13-14H,12H2,1-3H3,(H2,27,29,30)/i1D3. The van der Waals surface area contributed by atoms with Crippen molar-refractivity contribution < 1.29 is 18.0 Å². The lowest BCUT2D eigenvalue weighted by molar-refractivity contribution is 0.306. The van der Waals surface area contributed by atoms with Crippen LogP contribution in [0.2, 0.25) is 0 Å². The monoisotopic (exact) mass is 493 g/mol. The molecule has 3 heterocycles. The minimum absolute atomic E-state index is 0.190. The van der Waals surface area contributed by atoms with Gasteiger partial charge in [-0.3, -0.25) is 0 Å². The Kier molecular flexibility index (Phi) is 5.12. The molecule has 0 saturated carbocycles. The second kappa shape index (κ2) is 9.30. The first-order valence-corrected chi connectivity index (χ1v) is 11.5. The highest BCUT2D eigenvalue weighted by Gasteiger charge is 2.18. The van der Waals surface area contributed by atoms with Crippen LogP contribution in [0.3, 0.4) is 0 Å². The summed E-state index contributed by atoms with van der Waals surface area (Å²) in [6.07, 6.45) is 3.01. The molecule has 1 atom stereocenters. The quantitative estimate of drug-likeness (QED) is 0.300. The highest BCUT2D eigenvalue weighted by atomic mass is 32.1. The Morgan fingerprint density at radius 3 is 2.66 bits per heavy atom. The van der Waals surface area contributed by atoms with Crippen molar-refractivity contribution in [3.05, 3.63) is 70.7 Å². The van der Waals surface area contributed by atoms with E-state index < -0.39 is 18.7 Å². The van der Waals surface area contributed by atoms with E-state index >= 15 is 0 Å². The summed E-state index contributed by atoms with van der Waals surface area (Å²) in [5, 5.41) is 5.92. The number of anilines is 1. The van der Waals surface area contributed by atoms with Crippen LogP contribution in [0, 0.1) is 12.7 Å². The summed E-state index contributed by atoms with van der Waals surface area (Å²) >= 11 is 1.51. The zero-order chi connectivity index (χ0) is 27.0. The summed E-state index contributed by atoms with van der Waals surface area (Å²) in [6.45, 7) is 1.44. The highest BCUT2D eigenvalue weighted by molar-refractivity contribution is 7.11. The van der Waals surface area contributed by atoms with Crippen LogP contribution in [0.15, 0.2) is 55.0 Å². The van der Waals surface area contributed by atoms with Crippen molar-refractivity contribution in [3.8, 4) is 28.5 Å². The second-order valence-electron chi connectivity index (χ2n) is 7.81. The molecule has 35 heavy (non-hydrogen) atoms. The molecule has 0 spiro atoms. The van der Waals surface area contributed by atoms with Crippen LogP contribution in [-0.4, -0.2) is 24.7 Å². The fourth-order valence-electron chi connectivity index (χ4n) is 3.59. The summed E-state index contributed by atoms with van der Waals surface area (Å²) in [7, 11) is 0. The van der Waals surface area contributed by atoms with Gasteiger partial charge in [-0.1, -0.05) is 0 Å². The lowest BCUT2D eigenvalue weighted by atomic mass is 10.1. The topological polar surface area (TPSA) is 101 Å². The second-order valence-corrected chi connectivity index (χ2v) is 9.13. The molecule has 10 heteroatoms. The lowest BCUT2D eigenvalue weighted by Gasteiger charge is -2.10. The third-order valence-corrected chi connectivity index (χ3v) is 6.03. The van der Waals surface area contributed by atoms with Crippen LogP contribution in [0.1, 0.15) is 33.8 Å². The van der Waals surface area contributed by atoms with Gasteiger partial charge in [0.25, 0.3) is 0 Å². The largest absolute Gasteiger partial charge is 0.488 e. The van der Waals surface area contributed by atoms with Crippen LogP contribution in [-0.2, 0) is 6.61 Å². The third-order valence-electron chi connectivity index (χ3n) is 5.14. The van der Waals surface area contributed by atoms with E-state index in [4.69, 9.17) is 19.3 Å². The van der Waals surface area contributed by atoms with Gasteiger partial charge < -0.3 is 15.2 Å². The van der Waals surface area contributed by atoms with Gasteiger partial charge in [0, 0.05) is 40.1 Å². The molecular formula is C25H23FN6O2S. The molecule has 3 aromatic heterocycles. The van der Waals surface area contributed by atoms with E-state index in [9.17, 15) is 4.39 Å². The number of hydrogen-bond acceptors (Lipinski definition) is 8. The Bertz CT molecular complexity index is 1600. The molecule has 0 aliphatic carbocycles. The molecule has 0 fully saturated rings. The molecule has 0 radical (unpaired) electrons. The summed E-state index contributed by atoms with van der Waals surface area (Å²) in [5.74, 6) is 0.749. The van der Waals surface area contributed by atoms with Crippen LogP contribution in [0.5, 0.6) is 17.2 Å². The fourth-order valence-corrected chi connectivity index (χ4v) is 4.30. The summed E-state index contributed by atoms with van der Waals surface area (Å²) in [6, 6.07) is 10.1. The Labute approximate surface area is 209 Å². The Morgan fingerprint density at radius 2 is 1.91 bits per heavy atom. The number of fused-ring (bicyclic) bond motifs is 1. The number of aryl methyl sites for hydroxylation is 1. The molecule has 0 saturated heterocycles. The fraction of sp³-hybridized carbons (Fsp3) is 0.200. The highest BCUT2D eigenvalue weighted by Crippen LogP contribution is 2.34. The van der Waals surface area contributed by atoms with Crippen molar-refractivity contribution >= 4 is 28.2 Å². The van der Waals surface area contributed by atoms with Crippen LogP contribution < -0.4 is 15.2 Å². The smallest absolute Gasteiger partial charge is 0.164 e. The van der Waals surface area contributed by atoms with E-state index in [-0.39, 0.29) is 18.2 Å². The number of hydrogen-bond donors (Lipinski definition) is 1. The molecule has 0 amide bonds. The maximum absolute atomic E-state index is 14.2. The number of thiazole rings is 1. The van der Waals surface area contributed by atoms with Gasteiger partial charge in [-0.25, -0.2) is 24.0 Å². The molecule has 0 aliphatic heterocycles. The number of ether oxygens (including phenoxy) is 2. The van der Waals surface area contributed by atoms with Crippen molar-refractivity contribution in [2.45, 2.75) is 33.3 Å². The SMILES string of the molecule is [2H]C([2H])([2H])C(C)n1nc(-c2ccc(Oc3cc(F)cc(OCc4cnc(C)s4)c3)cc2)c2c(N)ncnc21. The van der Waals surface area contributed by atoms with Gasteiger partial charge >= 0.3 is 0 Å². The van der Waals surface area contributed by atoms with Gasteiger partial charge in [0.1, 0.15) is 47.5 Å². The number of rotatable bonds is 7. The average Bonchev–Trinajstić information content (AvgIpc) is 3.46. The minimum Gasteiger partial charge on any atom is -0.488 e. The van der Waals surface area contributed by atoms with E-state index in [0.29, 0.717) is 33.8 Å². The Hall–Kier alpha value is -4.05. The predicted molar refractivity (Wildman–Crippen MR) is 133 cm³/mol. The van der Waals surface area contributed by atoms with Gasteiger partial charge in [-0.2, -0.15) is 5.10 Å². The van der Waals surface area contributed by atoms with Crippen LogP contribution >= 0.6 is 11.3 Å². The van der Waals surface area contributed by atoms with Crippen LogP contribution in [0.4, 0.5) is 10.2 Å². The first kappa shape index (κ1) is 19.3. The summed E-state index contributed by atoms with van der Waals surface area (Å²) < 4.78 is 50.6. The lowest BCUT2D eigenvalue weighted by Crippen LogP contribution is -2.04. The molecule has 178 valence electrons. The van der Waals surface area contributed by atoms with Crippen molar-refractivity contribution in [2.75, 3.05) is 5.73 Å². The normalized spacial score (nSPS) is 13.7. The number of nitrogen functional groups attached to an aromatic ring is 1. The number of halogens is 1. The van der Waals surface area contributed by atoms with Crippen LogP contribution in [0.25, 0.3) is 22.3 Å². The van der Waals surface area contributed by atoms with Crippen molar-refractivity contribution in [3.63, 3.8) is 0 Å². The van der Waals surface area contributed by atoms with Gasteiger partial charge in [-0.05, 0) is 45.0 Å². The maximum Gasteiger partial charge on any atom is 0.164 e. The predicted octanol–water partition coefficient (Wildman–Crippen LogP) is 5.93. The zero-order valence-electron chi connectivity index (χ0n) is 21.9. The molecule has 0 bridgehead atoms. The van der Waals surface area contributed by atoms with Crippen molar-refractivity contribution in [2.24, 2.45) is 0 Å². The van der Waals surface area contributed by atoms with Gasteiger partial charge in [0.2, 0.25) is 0 Å². The van der Waals surface area contributed by atoms with E-state index in [2.05, 4.69) is 20.1 Å². The number of nitrogens with zero attached hydrogens (tertiary/aromatic N) is 5. The molecule has 1 unspecified atom stereocenters. The summed E-state index contributed by atoms with van der Waals surface area (Å²) in [4.78, 5) is 13.4. The van der Waals surface area contributed by atoms with Gasteiger partial charge in [0.05, 0.1) is 15.3 Å². The molecule has 0 aliphatic rings. The molecule has 5 aromatic rings. The van der Waals surface area contributed by atoms with E-state index in [1.807, 2.05) is 6.92 Å². The molecular weight excluding hydrogens is 467 g/mol. The Balaban J connectivity index is 1.39.